The van der Waals surface area contributed by atoms with Crippen LogP contribution in [0.15, 0.2) is 18.2 Å². The number of amides is 1. The molecule has 1 aromatic rings. The first-order chi connectivity index (χ1) is 9.06. The highest BCUT2D eigenvalue weighted by Crippen LogP contribution is 2.30. The monoisotopic (exact) mass is 327 g/mol. The van der Waals surface area contributed by atoms with Crippen molar-refractivity contribution in [1.29, 1.82) is 0 Å². The lowest BCUT2D eigenvalue weighted by atomic mass is 10.1. The lowest BCUT2D eigenvalue weighted by Gasteiger charge is -2.17. The number of ether oxygens (including phenoxy) is 2. The number of alkyl halides is 1. The van der Waals surface area contributed by atoms with Crippen LogP contribution < -0.4 is 9.64 Å². The number of rotatable bonds is 3. The summed E-state index contributed by atoms with van der Waals surface area (Å²) in [4.78, 5) is 25.2. The van der Waals surface area contributed by atoms with Crippen LogP contribution in [-0.2, 0) is 9.53 Å². The van der Waals surface area contributed by atoms with Crippen molar-refractivity contribution in [2.45, 2.75) is 11.2 Å². The van der Waals surface area contributed by atoms with Gasteiger partial charge in [0.2, 0.25) is 5.91 Å². The quantitative estimate of drug-likeness (QED) is 0.629. The minimum Gasteiger partial charge on any atom is -0.496 e. The fourth-order valence-electron chi connectivity index (χ4n) is 2.04. The number of hydrogen-bond acceptors (Lipinski definition) is 4. The van der Waals surface area contributed by atoms with Crippen molar-refractivity contribution in [3.8, 4) is 5.75 Å². The Morgan fingerprint density at radius 2 is 2.16 bits per heavy atom. The van der Waals surface area contributed by atoms with E-state index in [9.17, 15) is 9.59 Å². The van der Waals surface area contributed by atoms with Gasteiger partial charge in [-0.25, -0.2) is 4.79 Å². The molecule has 6 heteroatoms. The standard InChI is InChI=1S/C13H14BrNO4/c1-18-11-6-9(3-4-10(11)13(17)19-2)15-7-8(14)5-12(15)16/h3-4,6,8H,5,7H2,1-2H3. The Bertz CT molecular complexity index is 517. The van der Waals surface area contributed by atoms with Crippen molar-refractivity contribution in [2.24, 2.45) is 0 Å². The molecular weight excluding hydrogens is 314 g/mol. The molecule has 1 unspecified atom stereocenters. The number of nitrogens with zero attached hydrogens (tertiary/aromatic N) is 1. The molecule has 2 rings (SSSR count). The molecule has 0 N–H and O–H groups in total. The van der Waals surface area contributed by atoms with Crippen molar-refractivity contribution in [3.63, 3.8) is 0 Å². The third-order valence-electron chi connectivity index (χ3n) is 2.98. The number of halogens is 1. The molecule has 1 amide bonds. The van der Waals surface area contributed by atoms with E-state index in [1.807, 2.05) is 0 Å². The number of hydrogen-bond donors (Lipinski definition) is 0. The van der Waals surface area contributed by atoms with Crippen LogP contribution in [0, 0.1) is 0 Å². The molecule has 1 aliphatic rings. The zero-order valence-electron chi connectivity index (χ0n) is 10.7. The molecule has 0 bridgehead atoms. The zero-order valence-corrected chi connectivity index (χ0v) is 12.3. The van der Waals surface area contributed by atoms with Gasteiger partial charge in [0.1, 0.15) is 11.3 Å². The first kappa shape index (κ1) is 13.9. The van der Waals surface area contributed by atoms with Gasteiger partial charge in [-0.1, -0.05) is 15.9 Å². The van der Waals surface area contributed by atoms with Gasteiger partial charge in [0, 0.05) is 29.5 Å². The molecular formula is C13H14BrNO4. The van der Waals surface area contributed by atoms with Crippen LogP contribution in [0.25, 0.3) is 0 Å². The average molecular weight is 328 g/mol. The Morgan fingerprint density at radius 3 is 2.68 bits per heavy atom. The fraction of sp³-hybridized carbons (Fsp3) is 0.385. The van der Waals surface area contributed by atoms with Crippen LogP contribution in [0.4, 0.5) is 5.69 Å². The maximum Gasteiger partial charge on any atom is 0.341 e. The molecule has 1 heterocycles. The summed E-state index contributed by atoms with van der Waals surface area (Å²) < 4.78 is 9.86. The number of carbonyl (C=O) groups excluding carboxylic acids is 2. The molecule has 0 saturated carbocycles. The predicted octanol–water partition coefficient (Wildman–Crippen LogP) is 1.98. The second-order valence-corrected chi connectivity index (χ2v) is 5.48. The summed E-state index contributed by atoms with van der Waals surface area (Å²) >= 11 is 3.43. The van der Waals surface area contributed by atoms with E-state index in [2.05, 4.69) is 20.7 Å². The Labute approximate surface area is 119 Å². The molecule has 1 aromatic carbocycles. The van der Waals surface area contributed by atoms with Crippen LogP contribution in [0.3, 0.4) is 0 Å². The van der Waals surface area contributed by atoms with Crippen LogP contribution >= 0.6 is 15.9 Å². The van der Waals surface area contributed by atoms with Gasteiger partial charge in [-0.05, 0) is 12.1 Å². The molecule has 0 radical (unpaired) electrons. The van der Waals surface area contributed by atoms with Crippen molar-refractivity contribution in [1.82, 2.24) is 0 Å². The van der Waals surface area contributed by atoms with Crippen molar-refractivity contribution >= 4 is 33.5 Å². The van der Waals surface area contributed by atoms with E-state index in [-0.39, 0.29) is 10.7 Å². The van der Waals surface area contributed by atoms with Gasteiger partial charge < -0.3 is 14.4 Å². The second kappa shape index (κ2) is 5.61. The molecule has 0 spiro atoms. The third-order valence-corrected chi connectivity index (χ3v) is 3.59. The molecule has 1 atom stereocenters. The smallest absolute Gasteiger partial charge is 0.341 e. The summed E-state index contributed by atoms with van der Waals surface area (Å²) in [6, 6.07) is 5.00. The van der Waals surface area contributed by atoms with Gasteiger partial charge in [0.25, 0.3) is 0 Å². The highest BCUT2D eigenvalue weighted by molar-refractivity contribution is 9.09. The van der Waals surface area contributed by atoms with Crippen molar-refractivity contribution in [3.05, 3.63) is 23.8 Å². The van der Waals surface area contributed by atoms with E-state index >= 15 is 0 Å². The van der Waals surface area contributed by atoms with Gasteiger partial charge in [-0.2, -0.15) is 0 Å². The van der Waals surface area contributed by atoms with Gasteiger partial charge in [-0.3, -0.25) is 4.79 Å². The van der Waals surface area contributed by atoms with Gasteiger partial charge in [0.15, 0.2) is 0 Å². The highest BCUT2D eigenvalue weighted by Gasteiger charge is 2.29. The van der Waals surface area contributed by atoms with E-state index in [1.54, 1.807) is 23.1 Å². The molecule has 102 valence electrons. The summed E-state index contributed by atoms with van der Waals surface area (Å²) in [5.41, 5.74) is 1.06. The van der Waals surface area contributed by atoms with E-state index in [0.717, 1.165) is 5.69 Å². The topological polar surface area (TPSA) is 55.8 Å². The minimum absolute atomic E-state index is 0.0507. The third kappa shape index (κ3) is 2.73. The first-order valence-corrected chi connectivity index (χ1v) is 6.69. The van der Waals surface area contributed by atoms with Crippen LogP contribution in [0.2, 0.25) is 0 Å². The molecule has 0 aromatic heterocycles. The SMILES string of the molecule is COC(=O)c1ccc(N2CC(Br)CC2=O)cc1OC. The van der Waals surface area contributed by atoms with Gasteiger partial charge >= 0.3 is 5.97 Å². The number of anilines is 1. The van der Waals surface area contributed by atoms with Gasteiger partial charge in [0.05, 0.1) is 14.2 Å². The van der Waals surface area contributed by atoms with Crippen LogP contribution in [0.1, 0.15) is 16.8 Å². The lowest BCUT2D eigenvalue weighted by molar-refractivity contribution is -0.117. The van der Waals surface area contributed by atoms with E-state index in [4.69, 9.17) is 4.74 Å². The molecule has 1 aliphatic heterocycles. The summed E-state index contributed by atoms with van der Waals surface area (Å²) in [6.45, 7) is 0.611. The van der Waals surface area contributed by atoms with Crippen LogP contribution in [-0.4, -0.2) is 37.5 Å². The largest absolute Gasteiger partial charge is 0.496 e. The zero-order chi connectivity index (χ0) is 14.0. The number of methoxy groups -OCH3 is 2. The maximum absolute atomic E-state index is 11.8. The molecule has 5 nitrogen and oxygen atoms in total. The molecule has 1 saturated heterocycles. The van der Waals surface area contributed by atoms with E-state index < -0.39 is 5.97 Å². The lowest BCUT2D eigenvalue weighted by Crippen LogP contribution is -2.24. The Balaban J connectivity index is 2.34. The van der Waals surface area contributed by atoms with Gasteiger partial charge in [-0.15, -0.1) is 0 Å². The number of benzene rings is 1. The first-order valence-electron chi connectivity index (χ1n) is 5.77. The summed E-state index contributed by atoms with van der Waals surface area (Å²) in [6.07, 6.45) is 0.473. The fourth-order valence-corrected chi connectivity index (χ4v) is 2.61. The number of esters is 1. The minimum atomic E-state index is -0.463. The van der Waals surface area contributed by atoms with E-state index in [0.29, 0.717) is 24.3 Å². The molecule has 0 aliphatic carbocycles. The Morgan fingerprint density at radius 1 is 1.42 bits per heavy atom. The van der Waals surface area contributed by atoms with Crippen LogP contribution in [0.5, 0.6) is 5.75 Å². The number of carbonyl (C=O) groups is 2. The Hall–Kier alpha value is -1.56. The summed E-state index contributed by atoms with van der Waals surface area (Å²) in [5, 5.41) is 0. The predicted molar refractivity (Wildman–Crippen MR) is 74.0 cm³/mol. The van der Waals surface area contributed by atoms with Crippen molar-refractivity contribution in [2.75, 3.05) is 25.7 Å². The summed E-state index contributed by atoms with van der Waals surface area (Å²) in [5.74, 6) is -0.0144. The average Bonchev–Trinajstić information content (AvgIpc) is 2.76. The summed E-state index contributed by atoms with van der Waals surface area (Å²) in [7, 11) is 2.79. The van der Waals surface area contributed by atoms with E-state index in [1.165, 1.54) is 14.2 Å². The maximum atomic E-state index is 11.8. The highest BCUT2D eigenvalue weighted by atomic mass is 79.9. The normalized spacial score (nSPS) is 18.6. The molecule has 19 heavy (non-hydrogen) atoms. The Kier molecular flexibility index (Phi) is 4.09. The second-order valence-electron chi connectivity index (χ2n) is 4.18. The molecule has 1 fully saturated rings. The van der Waals surface area contributed by atoms with Crippen molar-refractivity contribution < 1.29 is 19.1 Å².